The minimum Gasteiger partial charge on any atom is -0.480 e. The van der Waals surface area contributed by atoms with Crippen molar-refractivity contribution in [3.63, 3.8) is 0 Å². The number of carbonyl (C=O) groups excluding carboxylic acids is 1. The normalized spacial score (nSPS) is 12.8. The molecule has 0 aliphatic rings. The van der Waals surface area contributed by atoms with Crippen LogP contribution in [0.2, 0.25) is 0 Å². The molecule has 0 aliphatic carbocycles. The maximum absolute atomic E-state index is 11.5. The Morgan fingerprint density at radius 1 is 1.53 bits per heavy atom. The SMILES string of the molecule is CC(C)(C)OC(=O)NC(Cc1cc(Br)co1)C(=O)O. The van der Waals surface area contributed by atoms with Crippen molar-refractivity contribution < 1.29 is 23.8 Å². The van der Waals surface area contributed by atoms with Crippen molar-refractivity contribution in [2.24, 2.45) is 0 Å². The molecule has 1 amide bonds. The molecule has 0 spiro atoms. The summed E-state index contributed by atoms with van der Waals surface area (Å²) < 4.78 is 10.8. The zero-order valence-corrected chi connectivity index (χ0v) is 12.5. The monoisotopic (exact) mass is 333 g/mol. The minimum atomic E-state index is -1.15. The molecule has 1 aromatic rings. The first-order valence-corrected chi connectivity index (χ1v) is 6.42. The Bertz CT molecular complexity index is 463. The molecule has 0 bridgehead atoms. The van der Waals surface area contributed by atoms with Gasteiger partial charge < -0.3 is 19.6 Å². The van der Waals surface area contributed by atoms with Gasteiger partial charge in [0.05, 0.1) is 4.47 Å². The van der Waals surface area contributed by atoms with E-state index in [4.69, 9.17) is 14.3 Å². The number of nitrogens with one attached hydrogen (secondary N) is 1. The third-order valence-electron chi connectivity index (χ3n) is 2.02. The maximum Gasteiger partial charge on any atom is 0.408 e. The maximum atomic E-state index is 11.5. The molecule has 1 atom stereocenters. The summed E-state index contributed by atoms with van der Waals surface area (Å²) in [6, 6.07) is 0.542. The standard InChI is InChI=1S/C12H16BrNO5/c1-12(2,3)19-11(17)14-9(10(15)16)5-8-4-7(13)6-18-8/h4,6,9H,5H2,1-3H3,(H,14,17)(H,15,16). The van der Waals surface area contributed by atoms with Crippen molar-refractivity contribution >= 4 is 28.0 Å². The second-order valence-electron chi connectivity index (χ2n) is 4.97. The summed E-state index contributed by atoms with van der Waals surface area (Å²) in [6.45, 7) is 5.10. The number of ether oxygens (including phenoxy) is 1. The molecule has 0 aliphatic heterocycles. The highest BCUT2D eigenvalue weighted by molar-refractivity contribution is 9.10. The first kappa shape index (κ1) is 15.6. The van der Waals surface area contributed by atoms with E-state index in [9.17, 15) is 9.59 Å². The van der Waals surface area contributed by atoms with Gasteiger partial charge in [-0.1, -0.05) is 0 Å². The van der Waals surface area contributed by atoms with Crippen molar-refractivity contribution in [3.8, 4) is 0 Å². The molecular formula is C12H16BrNO5. The van der Waals surface area contributed by atoms with E-state index in [0.717, 1.165) is 0 Å². The average Bonchev–Trinajstić information content (AvgIpc) is 2.60. The summed E-state index contributed by atoms with van der Waals surface area (Å²) >= 11 is 3.20. The molecule has 0 fully saturated rings. The lowest BCUT2D eigenvalue weighted by Crippen LogP contribution is -2.44. The smallest absolute Gasteiger partial charge is 0.408 e. The van der Waals surface area contributed by atoms with Gasteiger partial charge >= 0.3 is 12.1 Å². The van der Waals surface area contributed by atoms with Crippen LogP contribution in [0.3, 0.4) is 0 Å². The van der Waals surface area contributed by atoms with E-state index in [1.807, 2.05) is 0 Å². The average molecular weight is 334 g/mol. The number of hydrogen-bond acceptors (Lipinski definition) is 4. The first-order valence-electron chi connectivity index (χ1n) is 5.62. The fourth-order valence-corrected chi connectivity index (χ4v) is 1.66. The van der Waals surface area contributed by atoms with Gasteiger partial charge in [-0.05, 0) is 42.8 Å². The lowest BCUT2D eigenvalue weighted by atomic mass is 10.1. The number of hydrogen-bond donors (Lipinski definition) is 2. The molecule has 1 unspecified atom stereocenters. The van der Waals surface area contributed by atoms with Gasteiger partial charge in [-0.3, -0.25) is 0 Å². The fraction of sp³-hybridized carbons (Fsp3) is 0.500. The number of aliphatic carboxylic acids is 1. The Balaban J connectivity index is 2.63. The Labute approximate surface area is 119 Å². The van der Waals surface area contributed by atoms with Gasteiger partial charge in [-0.25, -0.2) is 9.59 Å². The predicted molar refractivity (Wildman–Crippen MR) is 70.9 cm³/mol. The quantitative estimate of drug-likeness (QED) is 0.883. The van der Waals surface area contributed by atoms with Gasteiger partial charge in [0.2, 0.25) is 0 Å². The zero-order chi connectivity index (χ0) is 14.6. The first-order chi connectivity index (χ1) is 8.67. The largest absolute Gasteiger partial charge is 0.480 e. The molecule has 0 aromatic carbocycles. The Morgan fingerprint density at radius 2 is 2.16 bits per heavy atom. The number of rotatable bonds is 4. The minimum absolute atomic E-state index is 0.0418. The number of alkyl carbamates (subject to hydrolysis) is 1. The van der Waals surface area contributed by atoms with E-state index in [-0.39, 0.29) is 6.42 Å². The van der Waals surface area contributed by atoms with Crippen LogP contribution in [0, 0.1) is 0 Å². The summed E-state index contributed by atoms with van der Waals surface area (Å²) in [5.41, 5.74) is -0.680. The van der Waals surface area contributed by atoms with E-state index in [0.29, 0.717) is 10.2 Å². The second kappa shape index (κ2) is 6.10. The molecule has 6 nitrogen and oxygen atoms in total. The van der Waals surface area contributed by atoms with E-state index in [1.165, 1.54) is 6.26 Å². The zero-order valence-electron chi connectivity index (χ0n) is 10.9. The van der Waals surface area contributed by atoms with Gasteiger partial charge in [0.1, 0.15) is 23.7 Å². The van der Waals surface area contributed by atoms with Crippen LogP contribution in [0.5, 0.6) is 0 Å². The van der Waals surface area contributed by atoms with Crippen molar-refractivity contribution in [3.05, 3.63) is 22.6 Å². The predicted octanol–water partition coefficient (Wildman–Crippen LogP) is 2.56. The highest BCUT2D eigenvalue weighted by atomic mass is 79.9. The number of carboxylic acid groups (broad SMARTS) is 1. The molecule has 0 saturated carbocycles. The molecule has 19 heavy (non-hydrogen) atoms. The van der Waals surface area contributed by atoms with Gasteiger partial charge in [-0.15, -0.1) is 0 Å². The summed E-state index contributed by atoms with van der Waals surface area (Å²) in [4.78, 5) is 22.6. The molecule has 106 valence electrons. The van der Waals surface area contributed by atoms with Crippen molar-refractivity contribution in [1.29, 1.82) is 0 Å². The van der Waals surface area contributed by atoms with Gasteiger partial charge in [0.15, 0.2) is 0 Å². The lowest BCUT2D eigenvalue weighted by Gasteiger charge is -2.21. The van der Waals surface area contributed by atoms with E-state index < -0.39 is 23.7 Å². The molecule has 2 N–H and O–H groups in total. The molecule has 7 heteroatoms. The highest BCUT2D eigenvalue weighted by Crippen LogP contribution is 2.16. The Kier molecular flexibility index (Phi) is 4.99. The van der Waals surface area contributed by atoms with Crippen LogP contribution in [0.25, 0.3) is 0 Å². The van der Waals surface area contributed by atoms with E-state index in [2.05, 4.69) is 21.2 Å². The lowest BCUT2D eigenvalue weighted by molar-refractivity contribution is -0.139. The summed E-state index contributed by atoms with van der Waals surface area (Å²) in [5, 5.41) is 11.4. The van der Waals surface area contributed by atoms with Crippen LogP contribution in [-0.4, -0.2) is 28.8 Å². The van der Waals surface area contributed by atoms with Crippen molar-refractivity contribution in [2.45, 2.75) is 38.8 Å². The van der Waals surface area contributed by atoms with Crippen LogP contribution >= 0.6 is 15.9 Å². The third-order valence-corrected chi connectivity index (χ3v) is 2.43. The number of carbonyl (C=O) groups is 2. The molecular weight excluding hydrogens is 318 g/mol. The highest BCUT2D eigenvalue weighted by Gasteiger charge is 2.25. The molecule has 1 heterocycles. The summed E-state index contributed by atoms with van der Waals surface area (Å²) in [7, 11) is 0. The van der Waals surface area contributed by atoms with Crippen LogP contribution in [0.1, 0.15) is 26.5 Å². The van der Waals surface area contributed by atoms with Crippen LogP contribution in [-0.2, 0) is 16.0 Å². The van der Waals surface area contributed by atoms with Gasteiger partial charge in [-0.2, -0.15) is 0 Å². The van der Waals surface area contributed by atoms with Crippen LogP contribution in [0.4, 0.5) is 4.79 Å². The molecule has 0 saturated heterocycles. The number of carboxylic acids is 1. The van der Waals surface area contributed by atoms with Gasteiger partial charge in [0.25, 0.3) is 0 Å². The van der Waals surface area contributed by atoms with Crippen LogP contribution in [0.15, 0.2) is 21.2 Å². The Morgan fingerprint density at radius 3 is 2.58 bits per heavy atom. The number of amides is 1. The van der Waals surface area contributed by atoms with Gasteiger partial charge in [0, 0.05) is 6.42 Å². The number of halogens is 1. The van der Waals surface area contributed by atoms with Crippen molar-refractivity contribution in [1.82, 2.24) is 5.32 Å². The van der Waals surface area contributed by atoms with E-state index in [1.54, 1.807) is 26.8 Å². The fourth-order valence-electron chi connectivity index (χ4n) is 1.31. The van der Waals surface area contributed by atoms with E-state index >= 15 is 0 Å². The summed E-state index contributed by atoms with van der Waals surface area (Å²) in [5.74, 6) is -0.700. The van der Waals surface area contributed by atoms with Crippen molar-refractivity contribution in [2.75, 3.05) is 0 Å². The molecule has 1 aromatic heterocycles. The molecule has 0 radical (unpaired) electrons. The Hall–Kier alpha value is -1.50. The topological polar surface area (TPSA) is 88.8 Å². The number of furan rings is 1. The third kappa shape index (κ3) is 5.78. The summed E-state index contributed by atoms with van der Waals surface area (Å²) in [6.07, 6.45) is 0.715. The second-order valence-corrected chi connectivity index (χ2v) is 5.89. The molecule has 1 rings (SSSR count). The van der Waals surface area contributed by atoms with Crippen LogP contribution < -0.4 is 5.32 Å².